The van der Waals surface area contributed by atoms with E-state index in [1.165, 1.54) is 31.2 Å². The molecule has 2 N–H and O–H groups in total. The number of nitrogens with zero attached hydrogens (tertiary/aromatic N) is 2. The quantitative estimate of drug-likeness (QED) is 0.268. The van der Waals surface area contributed by atoms with E-state index in [-0.39, 0.29) is 41.4 Å². The first-order valence-electron chi connectivity index (χ1n) is 12.3. The monoisotopic (exact) mass is 582 g/mol. The number of carbonyl (C=O) groups excluding carboxylic acids is 2. The molecule has 0 saturated carbocycles. The summed E-state index contributed by atoms with van der Waals surface area (Å²) in [6, 6.07) is 10.9. The number of ether oxygens (including phenoxy) is 1. The summed E-state index contributed by atoms with van der Waals surface area (Å²) in [5.74, 6) is -2.54. The topological polar surface area (TPSA) is 106 Å². The smallest absolute Gasteiger partial charge is 0.416 e. The van der Waals surface area contributed by atoms with Gasteiger partial charge in [0.05, 0.1) is 6.61 Å². The maximum absolute atomic E-state index is 14.8. The van der Waals surface area contributed by atoms with Crippen molar-refractivity contribution >= 4 is 17.4 Å². The minimum atomic E-state index is -5.01. The summed E-state index contributed by atoms with van der Waals surface area (Å²) in [5.41, 5.74) is -2.69. The maximum atomic E-state index is 14.8. The van der Waals surface area contributed by atoms with Crippen LogP contribution in [0.4, 0.5) is 26.3 Å². The Morgan fingerprint density at radius 2 is 1.68 bits per heavy atom. The Morgan fingerprint density at radius 3 is 2.24 bits per heavy atom. The number of nitrogens with one attached hydrogen (secondary N) is 2. The Balaban J connectivity index is 1.70. The molecule has 41 heavy (non-hydrogen) atoms. The van der Waals surface area contributed by atoms with E-state index in [1.54, 1.807) is 19.1 Å². The first-order chi connectivity index (χ1) is 19.2. The lowest BCUT2D eigenvalue weighted by Gasteiger charge is -2.41. The highest BCUT2D eigenvalue weighted by molar-refractivity contribution is 6.08. The van der Waals surface area contributed by atoms with Crippen molar-refractivity contribution in [2.45, 2.75) is 51.0 Å². The summed E-state index contributed by atoms with van der Waals surface area (Å²) < 4.78 is 91.9. The third-order valence-corrected chi connectivity index (χ3v) is 6.36. The highest BCUT2D eigenvalue weighted by atomic mass is 19.4. The number of hydrogen-bond donors (Lipinski definition) is 2. The molecule has 0 aliphatic carbocycles. The molecule has 3 aromatic rings. The summed E-state index contributed by atoms with van der Waals surface area (Å²) in [5, 5.41) is 11.5. The largest absolute Gasteiger partial charge is 0.494 e. The van der Waals surface area contributed by atoms with Gasteiger partial charge in [-0.05, 0) is 42.2 Å². The van der Waals surface area contributed by atoms with E-state index in [1.807, 2.05) is 5.32 Å². The van der Waals surface area contributed by atoms with Gasteiger partial charge < -0.3 is 19.8 Å². The van der Waals surface area contributed by atoms with Gasteiger partial charge in [-0.2, -0.15) is 26.3 Å². The van der Waals surface area contributed by atoms with E-state index in [9.17, 15) is 35.9 Å². The molecule has 0 fully saturated rings. The van der Waals surface area contributed by atoms with E-state index in [2.05, 4.69) is 15.5 Å². The number of amides is 2. The highest BCUT2D eigenvalue weighted by Gasteiger charge is 2.59. The summed E-state index contributed by atoms with van der Waals surface area (Å²) in [6.45, 7) is 2.92. The van der Waals surface area contributed by atoms with Crippen molar-refractivity contribution in [1.82, 2.24) is 20.8 Å². The molecule has 2 heterocycles. The minimum absolute atomic E-state index is 0.0625. The number of carbonyl (C=O) groups is 2. The van der Waals surface area contributed by atoms with Crippen molar-refractivity contribution in [2.24, 2.45) is 0 Å². The lowest BCUT2D eigenvalue weighted by molar-refractivity contribution is -0.201. The zero-order chi connectivity index (χ0) is 30.0. The fraction of sp³-hybridized carbons (Fsp3) is 0.333. The fourth-order valence-electron chi connectivity index (χ4n) is 4.29. The second kappa shape index (κ2) is 11.3. The molecule has 1 aromatic heterocycles. The molecule has 0 radical (unpaired) electrons. The number of hydrogen-bond acceptors (Lipinski definition) is 6. The lowest BCUT2D eigenvalue weighted by atomic mass is 9.77. The van der Waals surface area contributed by atoms with Gasteiger partial charge in [0, 0.05) is 19.8 Å². The van der Waals surface area contributed by atoms with Gasteiger partial charge in [-0.25, -0.2) is 0 Å². The van der Waals surface area contributed by atoms with E-state index in [0.717, 1.165) is 17.7 Å². The Kier molecular flexibility index (Phi) is 8.13. The van der Waals surface area contributed by atoms with Gasteiger partial charge in [0.2, 0.25) is 5.89 Å². The minimum Gasteiger partial charge on any atom is -0.494 e. The lowest BCUT2D eigenvalue weighted by Crippen LogP contribution is -2.60. The van der Waals surface area contributed by atoms with Gasteiger partial charge >= 0.3 is 24.2 Å². The number of rotatable bonds is 8. The van der Waals surface area contributed by atoms with Crippen molar-refractivity contribution in [2.75, 3.05) is 6.61 Å². The van der Waals surface area contributed by atoms with Crippen molar-refractivity contribution in [3.05, 3.63) is 82.7 Å². The molecule has 1 aliphatic heterocycles. The van der Waals surface area contributed by atoms with Crippen LogP contribution in [-0.2, 0) is 10.3 Å². The van der Waals surface area contributed by atoms with Gasteiger partial charge in [0.15, 0.2) is 5.54 Å². The Hall–Kier alpha value is -4.36. The van der Waals surface area contributed by atoms with Gasteiger partial charge in [0.25, 0.3) is 5.91 Å². The zero-order valence-corrected chi connectivity index (χ0v) is 21.7. The Labute approximate surface area is 229 Å². The van der Waals surface area contributed by atoms with E-state index in [0.29, 0.717) is 0 Å². The number of aromatic nitrogens is 2. The number of halogens is 6. The molecule has 0 spiro atoms. The molecule has 2 amide bonds. The second-order valence-corrected chi connectivity index (χ2v) is 9.43. The third kappa shape index (κ3) is 6.69. The number of alkyl halides is 6. The molecule has 4 rings (SSSR count). The van der Waals surface area contributed by atoms with Crippen LogP contribution in [0.5, 0.6) is 5.75 Å². The summed E-state index contributed by atoms with van der Waals surface area (Å²) in [7, 11) is 0. The van der Waals surface area contributed by atoms with Crippen LogP contribution in [-0.4, -0.2) is 41.0 Å². The molecule has 8 nitrogen and oxygen atoms in total. The van der Waals surface area contributed by atoms with Crippen LogP contribution in [0.1, 0.15) is 52.5 Å². The Morgan fingerprint density at radius 1 is 1.02 bits per heavy atom. The van der Waals surface area contributed by atoms with Gasteiger partial charge in [0.1, 0.15) is 11.4 Å². The average Bonchev–Trinajstić information content (AvgIpc) is 3.34. The summed E-state index contributed by atoms with van der Waals surface area (Å²) in [6.07, 6.45) is -11.5. The fourth-order valence-corrected chi connectivity index (χ4v) is 4.29. The van der Waals surface area contributed by atoms with Gasteiger partial charge in [-0.3, -0.25) is 9.59 Å². The van der Waals surface area contributed by atoms with Gasteiger partial charge in [-0.1, -0.05) is 42.0 Å². The van der Waals surface area contributed by atoms with Crippen LogP contribution >= 0.6 is 0 Å². The van der Waals surface area contributed by atoms with Crippen LogP contribution in [0.15, 0.2) is 58.6 Å². The second-order valence-electron chi connectivity index (χ2n) is 9.43. The van der Waals surface area contributed by atoms with Crippen LogP contribution < -0.4 is 15.4 Å². The zero-order valence-electron chi connectivity index (χ0n) is 21.7. The molecule has 14 heteroatoms. The predicted molar refractivity (Wildman–Crippen MR) is 132 cm³/mol. The standard InChI is InChI=1S/C27H24F6N4O4/c1-15-4-6-17(7-5-15)20-14-25(27(31,32)33,18-8-10-19(11-9-18)40-13-3-12-26(28,29)30)35-22(38)21(20)34-23(39)24-37-36-16(2)41-24/h4-11H,3,12-14H2,1-2H3,(H,34,39)(H,35,38)/t25-/m0/s1. The third-order valence-electron chi connectivity index (χ3n) is 6.36. The van der Waals surface area contributed by atoms with Crippen LogP contribution in [0.25, 0.3) is 5.57 Å². The van der Waals surface area contributed by atoms with E-state index < -0.39 is 54.1 Å². The molecule has 1 atom stereocenters. The van der Waals surface area contributed by atoms with Crippen LogP contribution in [0.2, 0.25) is 0 Å². The number of aryl methyl sites for hydroxylation is 2. The Bertz CT molecular complexity index is 1450. The van der Waals surface area contributed by atoms with Crippen LogP contribution in [0, 0.1) is 13.8 Å². The number of benzene rings is 2. The summed E-state index contributed by atoms with van der Waals surface area (Å²) in [4.78, 5) is 26.0. The molecular formula is C27H24F6N4O4. The predicted octanol–water partition coefficient (Wildman–Crippen LogP) is 5.53. The summed E-state index contributed by atoms with van der Waals surface area (Å²) >= 11 is 0. The molecule has 0 saturated heterocycles. The normalized spacial score (nSPS) is 17.8. The van der Waals surface area contributed by atoms with Gasteiger partial charge in [-0.15, -0.1) is 10.2 Å². The highest BCUT2D eigenvalue weighted by Crippen LogP contribution is 2.48. The van der Waals surface area contributed by atoms with Crippen molar-refractivity contribution in [3.63, 3.8) is 0 Å². The van der Waals surface area contributed by atoms with Crippen molar-refractivity contribution < 1.29 is 45.1 Å². The van der Waals surface area contributed by atoms with E-state index >= 15 is 0 Å². The molecule has 1 aliphatic rings. The van der Waals surface area contributed by atoms with Crippen LogP contribution in [0.3, 0.4) is 0 Å². The molecule has 218 valence electrons. The van der Waals surface area contributed by atoms with E-state index in [4.69, 9.17) is 9.15 Å². The molecule has 0 bridgehead atoms. The first-order valence-corrected chi connectivity index (χ1v) is 12.3. The van der Waals surface area contributed by atoms with Crippen molar-refractivity contribution in [3.8, 4) is 5.75 Å². The average molecular weight is 583 g/mol. The SMILES string of the molecule is Cc1ccc(C2=C(NC(=O)c3nnc(C)o3)C(=O)N[C@@](c3ccc(OCCCC(F)(F)F)cc3)(C(F)(F)F)C2)cc1. The molecule has 2 aromatic carbocycles. The molecule has 0 unspecified atom stereocenters. The first kappa shape index (κ1) is 29.6. The molecular weight excluding hydrogens is 558 g/mol. The van der Waals surface area contributed by atoms with Crippen molar-refractivity contribution in [1.29, 1.82) is 0 Å². The maximum Gasteiger partial charge on any atom is 0.416 e.